The Morgan fingerprint density at radius 1 is 1.24 bits per heavy atom. The highest BCUT2D eigenvalue weighted by molar-refractivity contribution is 8.00. The molecular weight excluding hydrogens is 352 g/mol. The number of carboxylic acid groups (broad SMARTS) is 1. The van der Waals surface area contributed by atoms with Crippen molar-refractivity contribution < 1.29 is 9.90 Å². The van der Waals surface area contributed by atoms with E-state index in [1.165, 1.54) is 54.0 Å². The van der Waals surface area contributed by atoms with Crippen LogP contribution in [0.15, 0.2) is 34.9 Å². The van der Waals surface area contributed by atoms with Crippen LogP contribution in [-0.4, -0.2) is 26.3 Å². The molecule has 25 heavy (non-hydrogen) atoms. The highest BCUT2D eigenvalue weighted by atomic mass is 32.2. The lowest BCUT2D eigenvalue weighted by Gasteiger charge is -2.16. The van der Waals surface area contributed by atoms with Crippen LogP contribution >= 0.6 is 23.1 Å². The SMILES string of the molecule is CC(Sc1ncnc2scc(-c3ccc4c(c3)CCCC4)c12)C(=O)O. The number of hydrogen-bond donors (Lipinski definition) is 1. The molecule has 6 heteroatoms. The van der Waals surface area contributed by atoms with Gasteiger partial charge in [0, 0.05) is 10.9 Å². The Bertz CT molecular complexity index is 952. The summed E-state index contributed by atoms with van der Waals surface area (Å²) in [5.74, 6) is -0.831. The van der Waals surface area contributed by atoms with Crippen LogP contribution in [0.1, 0.15) is 30.9 Å². The molecule has 4 rings (SSSR count). The number of nitrogens with zero attached hydrogens (tertiary/aromatic N) is 2. The van der Waals surface area contributed by atoms with Gasteiger partial charge < -0.3 is 5.11 Å². The number of carbonyl (C=O) groups is 1. The van der Waals surface area contributed by atoms with Crippen molar-refractivity contribution in [1.82, 2.24) is 9.97 Å². The van der Waals surface area contributed by atoms with Gasteiger partial charge >= 0.3 is 5.97 Å². The number of aliphatic carboxylic acids is 1. The van der Waals surface area contributed by atoms with Crippen LogP contribution in [0.25, 0.3) is 21.3 Å². The molecule has 1 aliphatic rings. The van der Waals surface area contributed by atoms with Gasteiger partial charge in [0.15, 0.2) is 0 Å². The molecule has 0 bridgehead atoms. The maximum Gasteiger partial charge on any atom is 0.316 e. The molecule has 3 aromatic rings. The molecule has 128 valence electrons. The Kier molecular flexibility index (Phi) is 4.48. The summed E-state index contributed by atoms with van der Waals surface area (Å²) in [7, 11) is 0. The molecule has 1 aliphatic carbocycles. The maximum absolute atomic E-state index is 11.2. The number of aryl methyl sites for hydroxylation is 2. The molecule has 1 unspecified atom stereocenters. The summed E-state index contributed by atoms with van der Waals surface area (Å²) >= 11 is 2.86. The fraction of sp³-hybridized carbons (Fsp3) is 0.316. The van der Waals surface area contributed by atoms with E-state index in [0.717, 1.165) is 27.2 Å². The second-order valence-electron chi connectivity index (χ2n) is 6.30. The first kappa shape index (κ1) is 16.5. The quantitative estimate of drug-likeness (QED) is 0.528. The third-order valence-corrected chi connectivity index (χ3v) is 6.61. The van der Waals surface area contributed by atoms with Crippen LogP contribution in [0.5, 0.6) is 0 Å². The zero-order valence-electron chi connectivity index (χ0n) is 13.9. The summed E-state index contributed by atoms with van der Waals surface area (Å²) in [4.78, 5) is 20.9. The van der Waals surface area contributed by atoms with Crippen molar-refractivity contribution >= 4 is 39.3 Å². The fourth-order valence-electron chi connectivity index (χ4n) is 3.27. The van der Waals surface area contributed by atoms with Gasteiger partial charge in [-0.25, -0.2) is 9.97 Å². The molecule has 2 aromatic heterocycles. The van der Waals surface area contributed by atoms with E-state index in [1.807, 2.05) is 0 Å². The number of aromatic nitrogens is 2. The minimum Gasteiger partial charge on any atom is -0.480 e. The maximum atomic E-state index is 11.2. The highest BCUT2D eigenvalue weighted by Crippen LogP contribution is 2.40. The number of fused-ring (bicyclic) bond motifs is 2. The monoisotopic (exact) mass is 370 g/mol. The Morgan fingerprint density at radius 3 is 2.84 bits per heavy atom. The number of rotatable bonds is 4. The standard InChI is InChI=1S/C19H18N2O2S2/c1-11(19(22)23)25-18-16-15(9-24-17(16)20-10-21-18)14-7-6-12-4-2-3-5-13(12)8-14/h6-11H,2-5H2,1H3,(H,22,23). The van der Waals surface area contributed by atoms with E-state index in [4.69, 9.17) is 0 Å². The number of hydrogen-bond acceptors (Lipinski definition) is 5. The van der Waals surface area contributed by atoms with Crippen molar-refractivity contribution in [3.05, 3.63) is 41.0 Å². The second kappa shape index (κ2) is 6.77. The summed E-state index contributed by atoms with van der Waals surface area (Å²) < 4.78 is 0. The van der Waals surface area contributed by atoms with Gasteiger partial charge in [-0.3, -0.25) is 4.79 Å². The van der Waals surface area contributed by atoms with Gasteiger partial charge in [0.05, 0.1) is 5.39 Å². The van der Waals surface area contributed by atoms with Gasteiger partial charge in [0.2, 0.25) is 0 Å². The molecule has 4 nitrogen and oxygen atoms in total. The van der Waals surface area contributed by atoms with Crippen molar-refractivity contribution in [2.75, 3.05) is 0 Å². The summed E-state index contributed by atoms with van der Waals surface area (Å²) in [6.45, 7) is 1.69. The Labute approximate surface area is 154 Å². The molecule has 1 N–H and O–H groups in total. The predicted molar refractivity (Wildman–Crippen MR) is 102 cm³/mol. The van der Waals surface area contributed by atoms with Crippen molar-refractivity contribution in [2.24, 2.45) is 0 Å². The number of thiophene rings is 1. The van der Waals surface area contributed by atoms with Gasteiger partial charge in [0.1, 0.15) is 21.4 Å². The average molecular weight is 370 g/mol. The fourth-order valence-corrected chi connectivity index (χ4v) is 5.12. The van der Waals surface area contributed by atoms with Gasteiger partial charge in [0.25, 0.3) is 0 Å². The van der Waals surface area contributed by atoms with Gasteiger partial charge in [-0.1, -0.05) is 30.0 Å². The van der Waals surface area contributed by atoms with Crippen LogP contribution in [0.2, 0.25) is 0 Å². The lowest BCUT2D eigenvalue weighted by molar-refractivity contribution is -0.136. The first-order chi connectivity index (χ1) is 12.1. The van der Waals surface area contributed by atoms with Crippen LogP contribution in [0.4, 0.5) is 0 Å². The zero-order chi connectivity index (χ0) is 17.4. The summed E-state index contributed by atoms with van der Waals surface area (Å²) in [6.07, 6.45) is 6.35. The first-order valence-corrected chi connectivity index (χ1v) is 10.1. The van der Waals surface area contributed by atoms with E-state index in [-0.39, 0.29) is 0 Å². The minimum absolute atomic E-state index is 0.547. The van der Waals surface area contributed by atoms with Crippen LogP contribution < -0.4 is 0 Å². The Balaban J connectivity index is 1.81. The molecule has 0 amide bonds. The predicted octanol–water partition coefficient (Wildman–Crippen LogP) is 4.80. The number of thioether (sulfide) groups is 1. The molecule has 2 heterocycles. The molecule has 0 fully saturated rings. The third-order valence-electron chi connectivity index (χ3n) is 4.63. The van der Waals surface area contributed by atoms with Crippen LogP contribution in [0, 0.1) is 0 Å². The lowest BCUT2D eigenvalue weighted by Crippen LogP contribution is -2.11. The van der Waals surface area contributed by atoms with Crippen molar-refractivity contribution in [3.8, 4) is 11.1 Å². The second-order valence-corrected chi connectivity index (χ2v) is 8.48. The van der Waals surface area contributed by atoms with Gasteiger partial charge in [-0.15, -0.1) is 11.3 Å². The van der Waals surface area contributed by atoms with Crippen molar-refractivity contribution in [2.45, 2.75) is 42.9 Å². The molecule has 1 aromatic carbocycles. The molecular formula is C19H18N2O2S2. The smallest absolute Gasteiger partial charge is 0.316 e. The molecule has 0 radical (unpaired) electrons. The third kappa shape index (κ3) is 3.16. The van der Waals surface area contributed by atoms with E-state index in [2.05, 4.69) is 33.5 Å². The molecule has 0 saturated heterocycles. The van der Waals surface area contributed by atoms with Crippen LogP contribution in [-0.2, 0) is 17.6 Å². The zero-order valence-corrected chi connectivity index (χ0v) is 15.5. The van der Waals surface area contributed by atoms with E-state index in [9.17, 15) is 9.90 Å². The van der Waals surface area contributed by atoms with E-state index < -0.39 is 11.2 Å². The molecule has 0 aliphatic heterocycles. The topological polar surface area (TPSA) is 63.1 Å². The average Bonchev–Trinajstić information content (AvgIpc) is 3.06. The summed E-state index contributed by atoms with van der Waals surface area (Å²) in [6, 6.07) is 6.70. The largest absolute Gasteiger partial charge is 0.480 e. The Hall–Kier alpha value is -1.92. The highest BCUT2D eigenvalue weighted by Gasteiger charge is 2.20. The van der Waals surface area contributed by atoms with Gasteiger partial charge in [-0.05, 0) is 49.3 Å². The summed E-state index contributed by atoms with van der Waals surface area (Å²) in [5, 5.41) is 12.5. The molecule has 0 spiro atoms. The van der Waals surface area contributed by atoms with Crippen molar-refractivity contribution in [3.63, 3.8) is 0 Å². The summed E-state index contributed by atoms with van der Waals surface area (Å²) in [5.41, 5.74) is 5.17. The Morgan fingerprint density at radius 2 is 2.04 bits per heavy atom. The molecule has 0 saturated carbocycles. The van der Waals surface area contributed by atoms with Crippen LogP contribution in [0.3, 0.4) is 0 Å². The molecule has 1 atom stereocenters. The van der Waals surface area contributed by atoms with E-state index >= 15 is 0 Å². The number of carboxylic acids is 1. The first-order valence-electron chi connectivity index (χ1n) is 8.37. The van der Waals surface area contributed by atoms with Gasteiger partial charge in [-0.2, -0.15) is 0 Å². The van der Waals surface area contributed by atoms with Crippen molar-refractivity contribution in [1.29, 1.82) is 0 Å². The number of benzene rings is 1. The minimum atomic E-state index is -0.831. The van der Waals surface area contributed by atoms with E-state index in [0.29, 0.717) is 0 Å². The lowest BCUT2D eigenvalue weighted by atomic mass is 9.89. The normalized spacial score (nSPS) is 15.1. The van der Waals surface area contributed by atoms with E-state index in [1.54, 1.807) is 18.3 Å².